The molecular weight excluding hydrogens is 511 g/mol. The van der Waals surface area contributed by atoms with E-state index in [1.807, 2.05) is 27.7 Å². The Kier molecular flexibility index (Phi) is 9.33. The summed E-state index contributed by atoms with van der Waals surface area (Å²) in [6.45, 7) is 9.08. The van der Waals surface area contributed by atoms with Crippen LogP contribution in [0.5, 0.6) is 5.75 Å². The number of fused-ring (bicyclic) bond motifs is 1. The Morgan fingerprint density at radius 3 is 2.54 bits per heavy atom. The van der Waals surface area contributed by atoms with Crippen molar-refractivity contribution < 1.29 is 22.7 Å². The van der Waals surface area contributed by atoms with Crippen molar-refractivity contribution in [3.05, 3.63) is 65.0 Å². The predicted molar refractivity (Wildman–Crippen MR) is 147 cm³/mol. The van der Waals surface area contributed by atoms with Crippen LogP contribution < -0.4 is 26.0 Å². The number of nitrogens with zero attached hydrogens (tertiary/aromatic N) is 3. The van der Waals surface area contributed by atoms with Crippen LogP contribution in [0.3, 0.4) is 0 Å². The molecule has 0 bridgehead atoms. The summed E-state index contributed by atoms with van der Waals surface area (Å²) >= 11 is 0. The van der Waals surface area contributed by atoms with E-state index in [-0.39, 0.29) is 64.4 Å². The first-order valence-electron chi connectivity index (χ1n) is 12.5. The maximum absolute atomic E-state index is 15.6. The molecule has 12 heteroatoms. The molecule has 0 saturated carbocycles. The molecule has 0 radical (unpaired) electrons. The van der Waals surface area contributed by atoms with E-state index >= 15 is 4.39 Å². The van der Waals surface area contributed by atoms with Crippen molar-refractivity contribution in [1.29, 1.82) is 5.41 Å². The fourth-order valence-electron chi connectivity index (χ4n) is 4.06. The van der Waals surface area contributed by atoms with E-state index in [1.165, 1.54) is 42.4 Å². The summed E-state index contributed by atoms with van der Waals surface area (Å²) in [6, 6.07) is 5.64. The second-order valence-corrected chi connectivity index (χ2v) is 8.72. The number of carbonyl (C=O) groups is 1. The summed E-state index contributed by atoms with van der Waals surface area (Å²) in [4.78, 5) is 22.3. The lowest BCUT2D eigenvalue weighted by Gasteiger charge is -2.20. The van der Waals surface area contributed by atoms with Gasteiger partial charge in [0.05, 0.1) is 22.6 Å². The van der Waals surface area contributed by atoms with Crippen LogP contribution in [-0.2, 0) is 6.42 Å². The highest BCUT2D eigenvalue weighted by molar-refractivity contribution is 6.17. The Labute approximate surface area is 225 Å². The maximum Gasteiger partial charge on any atom is 0.326 e. The third-order valence-electron chi connectivity index (χ3n) is 5.64. The van der Waals surface area contributed by atoms with Crippen LogP contribution in [-0.4, -0.2) is 40.7 Å². The van der Waals surface area contributed by atoms with E-state index in [0.29, 0.717) is 5.82 Å². The highest BCUT2D eigenvalue weighted by Gasteiger charge is 2.30. The van der Waals surface area contributed by atoms with Gasteiger partial charge in [-0.3, -0.25) is 10.3 Å². The quantitative estimate of drug-likeness (QED) is 0.275. The maximum atomic E-state index is 15.6. The van der Waals surface area contributed by atoms with E-state index in [4.69, 9.17) is 15.9 Å². The normalized spacial score (nSPS) is 12.8. The van der Waals surface area contributed by atoms with E-state index in [0.717, 1.165) is 6.07 Å². The number of hydrogen-bond donors (Lipinski definition) is 4. The van der Waals surface area contributed by atoms with Crippen molar-refractivity contribution in [3.63, 3.8) is 0 Å². The molecule has 1 aromatic heterocycles. The molecule has 208 valence electrons. The first-order chi connectivity index (χ1) is 18.6. The minimum atomic E-state index is -1.62. The third-order valence-corrected chi connectivity index (χ3v) is 5.64. The zero-order chi connectivity index (χ0) is 28.9. The topological polar surface area (TPSA) is 129 Å². The monoisotopic (exact) mass is 543 g/mol. The van der Waals surface area contributed by atoms with Crippen molar-refractivity contribution in [2.24, 2.45) is 0 Å². The number of rotatable bonds is 7. The smallest absolute Gasteiger partial charge is 0.326 e. The molecular formula is C27H32F3N7O2. The molecule has 1 aliphatic heterocycles. The summed E-state index contributed by atoms with van der Waals surface area (Å²) in [5.74, 6) is -1.04. The van der Waals surface area contributed by atoms with E-state index in [1.54, 1.807) is 0 Å². The first kappa shape index (κ1) is 29.2. The molecule has 0 fully saturated rings. The van der Waals surface area contributed by atoms with Crippen LogP contribution in [0.4, 0.5) is 41.0 Å². The van der Waals surface area contributed by atoms with Gasteiger partial charge in [-0.05, 0) is 44.5 Å². The zero-order valence-corrected chi connectivity index (χ0v) is 22.4. The Balaban J connectivity index is 0.00000205. The average Bonchev–Trinajstić information content (AvgIpc) is 3.32. The lowest BCUT2D eigenvalue weighted by Crippen LogP contribution is -2.33. The van der Waals surface area contributed by atoms with Crippen LogP contribution in [0.1, 0.15) is 51.3 Å². The van der Waals surface area contributed by atoms with E-state index in [2.05, 4.69) is 20.6 Å². The van der Waals surface area contributed by atoms with Gasteiger partial charge >= 0.3 is 6.03 Å². The molecule has 3 aromatic rings. The van der Waals surface area contributed by atoms with Gasteiger partial charge in [-0.1, -0.05) is 13.8 Å². The van der Waals surface area contributed by atoms with Gasteiger partial charge in [0.15, 0.2) is 0 Å². The number of nitrogen functional groups attached to an aromatic ring is 1. The third kappa shape index (κ3) is 6.39. The minimum absolute atomic E-state index is 0.0183. The lowest BCUT2D eigenvalue weighted by atomic mass is 9.98. The Morgan fingerprint density at radius 2 is 1.87 bits per heavy atom. The lowest BCUT2D eigenvalue weighted by molar-refractivity contribution is 0.0860. The molecule has 39 heavy (non-hydrogen) atoms. The number of ether oxygens (including phenoxy) is 1. The van der Waals surface area contributed by atoms with Gasteiger partial charge in [0.1, 0.15) is 35.3 Å². The number of aromatic nitrogens is 2. The fourth-order valence-corrected chi connectivity index (χ4v) is 4.06. The van der Waals surface area contributed by atoms with Crippen LogP contribution in [0, 0.1) is 17.0 Å². The van der Waals surface area contributed by atoms with Crippen LogP contribution in [0.25, 0.3) is 0 Å². The van der Waals surface area contributed by atoms with Gasteiger partial charge in [0.2, 0.25) is 6.36 Å². The molecule has 2 amide bonds. The van der Waals surface area contributed by atoms with Crippen molar-refractivity contribution in [3.8, 4) is 5.75 Å². The van der Waals surface area contributed by atoms with E-state index < -0.39 is 24.0 Å². The zero-order valence-electron chi connectivity index (χ0n) is 22.4. The SMILES string of the molecule is CC.CC(C)Nc1ncnc(N)c1C(=N)c1ccc2c(c1F)CCN2C(=O)Nc1cc(OC(C)F)ccc1F. The molecule has 2 aromatic carbocycles. The number of hydrogen-bond acceptors (Lipinski definition) is 7. The van der Waals surface area contributed by atoms with Crippen LogP contribution in [0.15, 0.2) is 36.7 Å². The van der Waals surface area contributed by atoms with Gasteiger partial charge in [-0.15, -0.1) is 0 Å². The summed E-state index contributed by atoms with van der Waals surface area (Å²) < 4.78 is 48.0. The van der Waals surface area contributed by atoms with Crippen molar-refractivity contribution >= 4 is 34.8 Å². The fraction of sp³-hybridized carbons (Fsp3) is 0.333. The molecule has 1 unspecified atom stereocenters. The molecule has 0 saturated heterocycles. The van der Waals surface area contributed by atoms with E-state index in [9.17, 15) is 13.6 Å². The summed E-state index contributed by atoms with van der Waals surface area (Å²) in [6.07, 6.45) is -0.182. The van der Waals surface area contributed by atoms with Crippen LogP contribution in [0.2, 0.25) is 0 Å². The molecule has 0 spiro atoms. The van der Waals surface area contributed by atoms with Crippen molar-refractivity contribution in [2.45, 2.75) is 53.4 Å². The van der Waals surface area contributed by atoms with Crippen LogP contribution >= 0.6 is 0 Å². The number of urea groups is 1. The minimum Gasteiger partial charge on any atom is -0.461 e. The van der Waals surface area contributed by atoms with Gasteiger partial charge < -0.3 is 21.1 Å². The Hall–Kier alpha value is -4.35. The highest BCUT2D eigenvalue weighted by atomic mass is 19.1. The summed E-state index contributed by atoms with van der Waals surface area (Å²) in [5, 5.41) is 14.2. The number of halogens is 3. The molecule has 9 nitrogen and oxygen atoms in total. The molecule has 4 rings (SSSR count). The number of nitrogens with two attached hydrogens (primary N) is 1. The standard InChI is InChI=1S/C25H26F3N7O2.C2H6/c1-12(2)33-24-20(23(30)31-11-32-24)22(29)16-5-7-19-15(21(16)28)8-9-35(19)25(36)34-18-10-14(37-13(3)26)4-6-17(18)27;1-2/h4-7,10-13,29H,8-9H2,1-3H3,(H,34,36)(H3,30,31,32,33);1-2H3. The number of benzene rings is 2. The molecule has 2 heterocycles. The first-order valence-corrected chi connectivity index (χ1v) is 12.5. The molecule has 1 aliphatic rings. The molecule has 0 aliphatic carbocycles. The molecule has 1 atom stereocenters. The van der Waals surface area contributed by atoms with Gasteiger partial charge in [-0.25, -0.2) is 27.9 Å². The number of amides is 2. The Morgan fingerprint density at radius 1 is 1.15 bits per heavy atom. The predicted octanol–water partition coefficient (Wildman–Crippen LogP) is 5.89. The Bertz CT molecular complexity index is 1370. The number of carbonyl (C=O) groups excluding carboxylic acids is 1. The summed E-state index contributed by atoms with van der Waals surface area (Å²) in [7, 11) is 0. The summed E-state index contributed by atoms with van der Waals surface area (Å²) in [5.41, 5.74) is 6.26. The van der Waals surface area contributed by atoms with Gasteiger partial charge in [0, 0.05) is 36.7 Å². The molecule has 5 N–H and O–H groups in total. The number of anilines is 4. The second kappa shape index (κ2) is 12.5. The number of alkyl halides is 1. The highest BCUT2D eigenvalue weighted by Crippen LogP contribution is 2.34. The van der Waals surface area contributed by atoms with Crippen molar-refractivity contribution in [1.82, 2.24) is 9.97 Å². The van der Waals surface area contributed by atoms with Gasteiger partial charge in [0.25, 0.3) is 0 Å². The van der Waals surface area contributed by atoms with Crippen molar-refractivity contribution in [2.75, 3.05) is 27.8 Å². The second-order valence-electron chi connectivity index (χ2n) is 8.72. The average molecular weight is 544 g/mol. The number of nitrogens with one attached hydrogen (secondary N) is 3. The van der Waals surface area contributed by atoms with Gasteiger partial charge in [-0.2, -0.15) is 0 Å². The largest absolute Gasteiger partial charge is 0.461 e.